The van der Waals surface area contributed by atoms with Gasteiger partial charge >= 0.3 is 0 Å². The van der Waals surface area contributed by atoms with Crippen molar-refractivity contribution >= 4 is 28.5 Å². The highest BCUT2D eigenvalue weighted by Crippen LogP contribution is 2.16. The number of anilines is 1. The summed E-state index contributed by atoms with van der Waals surface area (Å²) in [7, 11) is 0. The molecule has 0 spiro atoms. The Labute approximate surface area is 164 Å². The predicted octanol–water partition coefficient (Wildman–Crippen LogP) is 3.25. The number of fused-ring (bicyclic) bond motifs is 1. The molecule has 28 heavy (non-hydrogen) atoms. The van der Waals surface area contributed by atoms with Crippen LogP contribution in [0.1, 0.15) is 36.2 Å². The largest absolute Gasteiger partial charge is 0.329 e. The minimum absolute atomic E-state index is 0.000690. The Bertz CT molecular complexity index is 995. The number of para-hydroxylation sites is 1. The molecule has 0 unspecified atom stereocenters. The zero-order valence-electron chi connectivity index (χ0n) is 16.5. The second-order valence-corrected chi connectivity index (χ2v) is 6.70. The number of benzene rings is 2. The van der Waals surface area contributed by atoms with Gasteiger partial charge in [0.2, 0.25) is 5.91 Å². The molecule has 1 N–H and O–H groups in total. The minimum Gasteiger partial charge on any atom is -0.329 e. The van der Waals surface area contributed by atoms with Crippen LogP contribution in [-0.2, 0) is 11.3 Å². The second-order valence-electron chi connectivity index (χ2n) is 6.70. The lowest BCUT2D eigenvalue weighted by Crippen LogP contribution is -2.38. The van der Waals surface area contributed by atoms with E-state index >= 15 is 0 Å². The fourth-order valence-corrected chi connectivity index (χ4v) is 3.12. The molecular weight excluding hydrogens is 354 g/mol. The number of amides is 2. The van der Waals surface area contributed by atoms with Gasteiger partial charge in [-0.3, -0.25) is 9.59 Å². The molecule has 0 atom stereocenters. The molecule has 0 saturated carbocycles. The molecule has 0 aliphatic carbocycles. The molecule has 7 heteroatoms. The Morgan fingerprint density at radius 1 is 1.14 bits per heavy atom. The first-order valence-corrected chi connectivity index (χ1v) is 9.51. The number of hydrogen-bond donors (Lipinski definition) is 1. The third-order valence-corrected chi connectivity index (χ3v) is 4.59. The highest BCUT2D eigenvalue weighted by molar-refractivity contribution is 6.01. The molecule has 0 aliphatic rings. The third-order valence-electron chi connectivity index (χ3n) is 4.59. The maximum Gasteiger partial charge on any atom is 0.254 e. The molecule has 1 aromatic heterocycles. The minimum atomic E-state index is -0.214. The summed E-state index contributed by atoms with van der Waals surface area (Å²) < 4.78 is 1.78. The van der Waals surface area contributed by atoms with E-state index in [0.717, 1.165) is 23.2 Å². The van der Waals surface area contributed by atoms with Crippen molar-refractivity contribution in [3.63, 3.8) is 0 Å². The van der Waals surface area contributed by atoms with E-state index in [1.807, 2.05) is 51.1 Å². The number of aromatic nitrogens is 3. The number of carbonyl (C=O) groups is 2. The van der Waals surface area contributed by atoms with Gasteiger partial charge in [-0.2, -0.15) is 0 Å². The van der Waals surface area contributed by atoms with Gasteiger partial charge in [0, 0.05) is 24.3 Å². The summed E-state index contributed by atoms with van der Waals surface area (Å²) in [5.41, 5.74) is 3.81. The smallest absolute Gasteiger partial charge is 0.254 e. The first-order valence-electron chi connectivity index (χ1n) is 9.51. The van der Waals surface area contributed by atoms with E-state index in [9.17, 15) is 9.59 Å². The van der Waals surface area contributed by atoms with Gasteiger partial charge in [-0.25, -0.2) is 4.68 Å². The van der Waals surface area contributed by atoms with Crippen molar-refractivity contribution in [3.05, 3.63) is 53.6 Å². The molecule has 0 bridgehead atoms. The van der Waals surface area contributed by atoms with Gasteiger partial charge in [0.15, 0.2) is 0 Å². The highest BCUT2D eigenvalue weighted by atomic mass is 16.2. The number of nitrogens with zero attached hydrogens (tertiary/aromatic N) is 4. The molecule has 0 radical (unpaired) electrons. The van der Waals surface area contributed by atoms with Gasteiger partial charge < -0.3 is 10.2 Å². The number of rotatable bonds is 7. The van der Waals surface area contributed by atoms with E-state index in [4.69, 9.17) is 0 Å². The lowest BCUT2D eigenvalue weighted by molar-refractivity contribution is -0.116. The fourth-order valence-electron chi connectivity index (χ4n) is 3.12. The predicted molar refractivity (Wildman–Crippen MR) is 109 cm³/mol. The summed E-state index contributed by atoms with van der Waals surface area (Å²) in [6.45, 7) is 7.12. The number of carbonyl (C=O) groups excluding carboxylic acids is 2. The van der Waals surface area contributed by atoms with Crippen LogP contribution >= 0.6 is 0 Å². The van der Waals surface area contributed by atoms with Gasteiger partial charge in [-0.15, -0.1) is 5.10 Å². The average molecular weight is 379 g/mol. The molecule has 2 amide bonds. The zero-order chi connectivity index (χ0) is 20.1. The number of nitrogens with one attached hydrogen (secondary N) is 1. The molecule has 3 aromatic rings. The third kappa shape index (κ3) is 4.19. The normalized spacial score (nSPS) is 10.8. The van der Waals surface area contributed by atoms with E-state index in [2.05, 4.69) is 15.6 Å². The van der Waals surface area contributed by atoms with E-state index in [1.54, 1.807) is 21.7 Å². The topological polar surface area (TPSA) is 80.1 Å². The van der Waals surface area contributed by atoms with Crippen LogP contribution in [0.5, 0.6) is 0 Å². The summed E-state index contributed by atoms with van der Waals surface area (Å²) in [6.07, 6.45) is 0.762. The zero-order valence-corrected chi connectivity index (χ0v) is 16.5. The molecule has 0 aliphatic heterocycles. The van der Waals surface area contributed by atoms with Crippen molar-refractivity contribution in [1.29, 1.82) is 0 Å². The molecule has 7 nitrogen and oxygen atoms in total. The van der Waals surface area contributed by atoms with Gasteiger partial charge in [0.1, 0.15) is 12.1 Å². The quantitative estimate of drug-likeness (QED) is 0.683. The van der Waals surface area contributed by atoms with E-state index in [-0.39, 0.29) is 18.4 Å². The molecule has 146 valence electrons. The first-order chi connectivity index (χ1) is 13.5. The standard InChI is InChI=1S/C21H25N5O2/c1-4-12-25(14-20(27)22-17-9-7-6-8-15(17)3)21(28)16-10-11-19-18(13-16)23-24-26(19)5-2/h6-11,13H,4-5,12,14H2,1-3H3,(H,22,27). The molecular formula is C21H25N5O2. The van der Waals surface area contributed by atoms with E-state index in [1.165, 1.54) is 0 Å². The van der Waals surface area contributed by atoms with E-state index < -0.39 is 0 Å². The maximum absolute atomic E-state index is 13.0. The van der Waals surface area contributed by atoms with Crippen molar-refractivity contribution in [2.45, 2.75) is 33.7 Å². The Kier molecular flexibility index (Phi) is 6.03. The van der Waals surface area contributed by atoms with Crippen LogP contribution in [0.2, 0.25) is 0 Å². The fraction of sp³-hybridized carbons (Fsp3) is 0.333. The van der Waals surface area contributed by atoms with Crippen molar-refractivity contribution < 1.29 is 9.59 Å². The van der Waals surface area contributed by atoms with Crippen LogP contribution in [0, 0.1) is 6.92 Å². The van der Waals surface area contributed by atoms with Crippen LogP contribution in [0.3, 0.4) is 0 Å². The van der Waals surface area contributed by atoms with Gasteiger partial charge in [-0.1, -0.05) is 30.3 Å². The van der Waals surface area contributed by atoms with Crippen LogP contribution in [0.15, 0.2) is 42.5 Å². The molecule has 0 saturated heterocycles. The summed E-state index contributed by atoms with van der Waals surface area (Å²) in [4.78, 5) is 27.1. The lowest BCUT2D eigenvalue weighted by atomic mass is 10.1. The van der Waals surface area contributed by atoms with Crippen LogP contribution < -0.4 is 5.32 Å². The molecule has 1 heterocycles. The molecule has 0 fully saturated rings. The summed E-state index contributed by atoms with van der Waals surface area (Å²) in [5.74, 6) is -0.399. The van der Waals surface area contributed by atoms with Crippen molar-refractivity contribution in [3.8, 4) is 0 Å². The first kappa shape index (κ1) is 19.5. The Balaban J connectivity index is 1.76. The Hall–Kier alpha value is -3.22. The van der Waals surface area contributed by atoms with Crippen molar-refractivity contribution in [1.82, 2.24) is 19.9 Å². The maximum atomic E-state index is 13.0. The molecule has 2 aromatic carbocycles. The van der Waals surface area contributed by atoms with Gasteiger partial charge in [-0.05, 0) is 50.1 Å². The lowest BCUT2D eigenvalue weighted by Gasteiger charge is -2.22. The van der Waals surface area contributed by atoms with Gasteiger partial charge in [0.25, 0.3) is 5.91 Å². The monoisotopic (exact) mass is 379 g/mol. The van der Waals surface area contributed by atoms with Gasteiger partial charge in [0.05, 0.1) is 5.52 Å². The highest BCUT2D eigenvalue weighted by Gasteiger charge is 2.19. The number of hydrogen-bond acceptors (Lipinski definition) is 4. The van der Waals surface area contributed by atoms with Crippen molar-refractivity contribution in [2.75, 3.05) is 18.4 Å². The molecule has 3 rings (SSSR count). The second kappa shape index (κ2) is 8.65. The Morgan fingerprint density at radius 3 is 2.64 bits per heavy atom. The number of aryl methyl sites for hydroxylation is 2. The Morgan fingerprint density at radius 2 is 1.93 bits per heavy atom. The summed E-state index contributed by atoms with van der Waals surface area (Å²) >= 11 is 0. The van der Waals surface area contributed by atoms with E-state index in [0.29, 0.717) is 24.2 Å². The summed E-state index contributed by atoms with van der Waals surface area (Å²) in [6, 6.07) is 12.9. The average Bonchev–Trinajstić information content (AvgIpc) is 3.11. The van der Waals surface area contributed by atoms with Crippen LogP contribution in [0.25, 0.3) is 11.0 Å². The SMILES string of the molecule is CCCN(CC(=O)Nc1ccccc1C)C(=O)c1ccc2c(c1)nnn2CC. The van der Waals surface area contributed by atoms with Crippen LogP contribution in [-0.4, -0.2) is 44.8 Å². The van der Waals surface area contributed by atoms with Crippen LogP contribution in [0.4, 0.5) is 5.69 Å². The van der Waals surface area contributed by atoms with Crippen molar-refractivity contribution in [2.24, 2.45) is 0 Å². The summed E-state index contributed by atoms with van der Waals surface area (Å²) in [5, 5.41) is 11.1.